The van der Waals surface area contributed by atoms with Crippen LogP contribution in [0.25, 0.3) is 11.0 Å². The van der Waals surface area contributed by atoms with E-state index in [2.05, 4.69) is 15.4 Å². The molecule has 11 nitrogen and oxygen atoms in total. The average molecular weight is 573 g/mol. The van der Waals surface area contributed by atoms with Crippen molar-refractivity contribution in [3.8, 4) is 0 Å². The summed E-state index contributed by atoms with van der Waals surface area (Å²) in [4.78, 5) is 24.9. The molecule has 5 N–H and O–H groups in total. The van der Waals surface area contributed by atoms with Crippen LogP contribution in [0.15, 0.2) is 30.5 Å². The van der Waals surface area contributed by atoms with E-state index in [1.54, 1.807) is 12.1 Å². The summed E-state index contributed by atoms with van der Waals surface area (Å²) in [6.45, 7) is -0.251. The lowest BCUT2D eigenvalue weighted by Gasteiger charge is -2.18. The molecule has 198 valence electrons. The van der Waals surface area contributed by atoms with Gasteiger partial charge >= 0.3 is 5.71 Å². The van der Waals surface area contributed by atoms with Crippen molar-refractivity contribution < 1.29 is 38.7 Å². The third kappa shape index (κ3) is 5.57. The third-order valence-corrected chi connectivity index (χ3v) is 9.04. The van der Waals surface area contributed by atoms with Gasteiger partial charge in [-0.05, 0) is 42.2 Å². The average Bonchev–Trinajstić information content (AvgIpc) is 3.53. The molecular weight excluding hydrogens is 549 g/mol. The summed E-state index contributed by atoms with van der Waals surface area (Å²) in [5.74, 6) is -0.349. The number of carboxylic acid groups (broad SMARTS) is 1. The lowest BCUT2D eigenvalue weighted by molar-refractivity contribution is -0.0530. The SMILES string of the molecule is O=C(O)PCP(O)OC[C@H]1O[C@@H](n2ncc3c(N[C@@H]4CCc5ccc(F)cc54)cc(Cl)nc32)[C@H](O)[C@@H]1O. The molecule has 0 bridgehead atoms. The summed E-state index contributed by atoms with van der Waals surface area (Å²) < 4.78 is 26.2. The molecule has 1 saturated heterocycles. The number of halogens is 2. The Hall–Kier alpha value is -2.01. The second-order valence-corrected chi connectivity index (χ2v) is 12.1. The summed E-state index contributed by atoms with van der Waals surface area (Å²) in [6.07, 6.45) is -1.73. The van der Waals surface area contributed by atoms with Gasteiger partial charge in [0.05, 0.1) is 29.9 Å². The molecule has 0 spiro atoms. The molecule has 3 heterocycles. The van der Waals surface area contributed by atoms with Crippen molar-refractivity contribution in [2.24, 2.45) is 0 Å². The van der Waals surface area contributed by atoms with E-state index in [0.717, 1.165) is 24.0 Å². The molecule has 2 unspecified atom stereocenters. The molecular formula is C22H24ClFN4O7P2. The van der Waals surface area contributed by atoms with Crippen LogP contribution in [-0.4, -0.2) is 71.5 Å². The first-order valence-corrected chi connectivity index (χ1v) is 14.4. The maximum absolute atomic E-state index is 13.9. The van der Waals surface area contributed by atoms with E-state index in [4.69, 9.17) is 26.0 Å². The van der Waals surface area contributed by atoms with Crippen molar-refractivity contribution in [3.05, 3.63) is 52.6 Å². The van der Waals surface area contributed by atoms with Crippen molar-refractivity contribution in [2.45, 2.75) is 43.4 Å². The molecule has 0 saturated carbocycles. The zero-order valence-electron chi connectivity index (χ0n) is 19.2. The van der Waals surface area contributed by atoms with E-state index in [-0.39, 0.29) is 29.5 Å². The van der Waals surface area contributed by atoms with Gasteiger partial charge in [0.15, 0.2) is 20.3 Å². The van der Waals surface area contributed by atoms with Crippen LogP contribution in [0, 0.1) is 5.82 Å². The first-order chi connectivity index (χ1) is 17.7. The molecule has 5 rings (SSSR count). The number of carbonyl (C=O) groups is 1. The van der Waals surface area contributed by atoms with E-state index < -0.39 is 47.2 Å². The van der Waals surface area contributed by atoms with Crippen LogP contribution in [0.1, 0.15) is 29.8 Å². The Kier molecular flexibility index (Phi) is 7.91. The van der Waals surface area contributed by atoms with Crippen LogP contribution in [0.4, 0.5) is 14.9 Å². The van der Waals surface area contributed by atoms with Crippen molar-refractivity contribution >= 4 is 51.0 Å². The van der Waals surface area contributed by atoms with Gasteiger partial charge in [0.2, 0.25) is 0 Å². The number of hydrogen-bond donors (Lipinski definition) is 5. The normalized spacial score (nSPS) is 26.2. The molecule has 7 atom stereocenters. The largest absolute Gasteiger partial charge is 0.478 e. The highest BCUT2D eigenvalue weighted by atomic mass is 35.5. The molecule has 1 aromatic carbocycles. The Morgan fingerprint density at radius 3 is 2.95 bits per heavy atom. The fourth-order valence-electron chi connectivity index (χ4n) is 4.61. The zero-order chi connectivity index (χ0) is 26.3. The number of ether oxygens (including phenoxy) is 1. The predicted molar refractivity (Wildman–Crippen MR) is 136 cm³/mol. The predicted octanol–water partition coefficient (Wildman–Crippen LogP) is 3.58. The van der Waals surface area contributed by atoms with Crippen LogP contribution in [0.3, 0.4) is 0 Å². The summed E-state index contributed by atoms with van der Waals surface area (Å²) in [7, 11) is -2.52. The Labute approximate surface area is 218 Å². The topological polar surface area (TPSA) is 159 Å². The number of anilines is 1. The van der Waals surface area contributed by atoms with E-state index in [1.807, 2.05) is 0 Å². The Morgan fingerprint density at radius 1 is 1.35 bits per heavy atom. The van der Waals surface area contributed by atoms with Crippen LogP contribution in [0.2, 0.25) is 5.15 Å². The number of pyridine rings is 1. The number of benzene rings is 1. The fraction of sp³-hybridized carbons (Fsp3) is 0.409. The van der Waals surface area contributed by atoms with Crippen molar-refractivity contribution in [1.82, 2.24) is 14.8 Å². The van der Waals surface area contributed by atoms with Gasteiger partial charge in [-0.2, -0.15) is 5.10 Å². The quantitative estimate of drug-likeness (QED) is 0.189. The summed E-state index contributed by atoms with van der Waals surface area (Å²) >= 11 is 6.31. The number of nitrogens with one attached hydrogen (secondary N) is 1. The molecule has 15 heteroatoms. The smallest absolute Gasteiger partial charge is 0.321 e. The molecule has 2 aliphatic rings. The molecule has 0 amide bonds. The first-order valence-electron chi connectivity index (χ1n) is 11.4. The maximum Gasteiger partial charge on any atom is 0.321 e. The van der Waals surface area contributed by atoms with E-state index in [9.17, 15) is 24.3 Å². The number of rotatable bonds is 9. The Bertz CT molecular complexity index is 1320. The number of fused-ring (bicyclic) bond motifs is 2. The minimum Gasteiger partial charge on any atom is -0.478 e. The summed E-state index contributed by atoms with van der Waals surface area (Å²) in [5.41, 5.74) is 1.85. The minimum absolute atomic E-state index is 0.0421. The summed E-state index contributed by atoms with van der Waals surface area (Å²) in [5, 5.41) is 38.4. The van der Waals surface area contributed by atoms with Crippen LogP contribution < -0.4 is 5.32 Å². The van der Waals surface area contributed by atoms with Crippen molar-refractivity contribution in [2.75, 3.05) is 17.8 Å². The lowest BCUT2D eigenvalue weighted by atomic mass is 10.1. The highest BCUT2D eigenvalue weighted by Crippen LogP contribution is 2.41. The van der Waals surface area contributed by atoms with Crippen LogP contribution in [0.5, 0.6) is 0 Å². The van der Waals surface area contributed by atoms with Gasteiger partial charge < -0.3 is 34.8 Å². The van der Waals surface area contributed by atoms with Gasteiger partial charge in [-0.15, -0.1) is 0 Å². The monoisotopic (exact) mass is 572 g/mol. The molecule has 0 radical (unpaired) electrons. The molecule has 1 aliphatic heterocycles. The number of aryl methyl sites for hydroxylation is 1. The molecule has 1 fully saturated rings. The van der Waals surface area contributed by atoms with Gasteiger partial charge in [-0.3, -0.25) is 0 Å². The Balaban J connectivity index is 1.34. The third-order valence-electron chi connectivity index (χ3n) is 6.38. The number of hydrogen-bond acceptors (Lipinski definition) is 9. The van der Waals surface area contributed by atoms with Crippen molar-refractivity contribution in [1.29, 1.82) is 0 Å². The van der Waals surface area contributed by atoms with Gasteiger partial charge in [-0.25, -0.2) is 18.9 Å². The Morgan fingerprint density at radius 2 is 2.16 bits per heavy atom. The highest BCUT2D eigenvalue weighted by Gasteiger charge is 2.45. The van der Waals surface area contributed by atoms with Crippen molar-refractivity contribution in [3.63, 3.8) is 0 Å². The molecule has 37 heavy (non-hydrogen) atoms. The minimum atomic E-state index is -2.01. The molecule has 1 aliphatic carbocycles. The van der Waals surface area contributed by atoms with Crippen LogP contribution >= 0.6 is 28.6 Å². The molecule has 3 aromatic rings. The standard InChI is InChI=1S/C22H24ClFN4O7P2/c23-17-6-15(26-14-4-2-10-1-3-11(24)5-12(10)14)13-7-25-28(20(13)27-17)21-19(30)18(29)16(35-21)8-34-37(33)9-36-22(31)32/h1,3,5-7,14,16,18-19,21,29-30,33,36H,2,4,8-9H2,(H,26,27)(H,31,32)/t14-,16-,18-,19-,21-,37?/m1/s1. The van der Waals surface area contributed by atoms with Gasteiger partial charge in [0.1, 0.15) is 29.3 Å². The molecule has 2 aromatic heterocycles. The van der Waals surface area contributed by atoms with Gasteiger partial charge in [-0.1, -0.05) is 17.7 Å². The lowest BCUT2D eigenvalue weighted by Crippen LogP contribution is -2.33. The first kappa shape index (κ1) is 26.6. The van der Waals surface area contributed by atoms with E-state index in [1.165, 1.54) is 23.0 Å². The van der Waals surface area contributed by atoms with Gasteiger partial charge in [0.25, 0.3) is 0 Å². The maximum atomic E-state index is 13.9. The van der Waals surface area contributed by atoms with E-state index in [0.29, 0.717) is 16.7 Å². The number of nitrogens with zero attached hydrogens (tertiary/aromatic N) is 3. The number of aliphatic hydroxyl groups is 2. The second-order valence-electron chi connectivity index (χ2n) is 8.73. The van der Waals surface area contributed by atoms with E-state index >= 15 is 0 Å². The van der Waals surface area contributed by atoms with Gasteiger partial charge in [0, 0.05) is 14.5 Å². The second kappa shape index (κ2) is 11.0. The fourth-order valence-corrected chi connectivity index (χ4v) is 6.57. The number of aliphatic hydroxyl groups excluding tert-OH is 2. The zero-order valence-corrected chi connectivity index (χ0v) is 21.8. The number of aromatic nitrogens is 3. The summed E-state index contributed by atoms with van der Waals surface area (Å²) in [6, 6.07) is 6.27. The highest BCUT2D eigenvalue weighted by molar-refractivity contribution is 7.69. The van der Waals surface area contributed by atoms with Crippen LogP contribution in [-0.2, 0) is 15.7 Å².